The topological polar surface area (TPSA) is 0 Å². The lowest BCUT2D eigenvalue weighted by Crippen LogP contribution is -2.02. The Labute approximate surface area is 106 Å². The molecule has 0 nitrogen and oxygen atoms in total. The molecule has 1 aromatic carbocycles. The van der Waals surface area contributed by atoms with Crippen LogP contribution in [0.25, 0.3) is 5.57 Å². The zero-order chi connectivity index (χ0) is 13.0. The van der Waals surface area contributed by atoms with Gasteiger partial charge in [0.15, 0.2) is 0 Å². The Balaban J connectivity index is 3.56. The van der Waals surface area contributed by atoms with E-state index in [1.54, 1.807) is 0 Å². The first-order chi connectivity index (χ1) is 8.06. The zero-order valence-electron chi connectivity index (χ0n) is 11.6. The van der Waals surface area contributed by atoms with Crippen LogP contribution in [-0.4, -0.2) is 0 Å². The monoisotopic (exact) mass is 226 g/mol. The molecule has 0 fully saturated rings. The van der Waals surface area contributed by atoms with Crippen LogP contribution in [-0.2, 0) is 6.42 Å². The van der Waals surface area contributed by atoms with Gasteiger partial charge in [-0.05, 0) is 48.4 Å². The quantitative estimate of drug-likeness (QED) is 0.651. The molecule has 0 aliphatic carbocycles. The van der Waals surface area contributed by atoms with E-state index in [1.165, 1.54) is 22.3 Å². The van der Waals surface area contributed by atoms with Gasteiger partial charge in [0.2, 0.25) is 0 Å². The molecule has 0 heterocycles. The summed E-state index contributed by atoms with van der Waals surface area (Å²) in [7, 11) is 0. The lowest BCUT2D eigenvalue weighted by Gasteiger charge is -2.17. The minimum atomic E-state index is 0.525. The summed E-state index contributed by atoms with van der Waals surface area (Å²) in [4.78, 5) is 0. The van der Waals surface area contributed by atoms with E-state index < -0.39 is 0 Å². The summed E-state index contributed by atoms with van der Waals surface area (Å²) in [5, 5.41) is 0. The molecule has 0 bridgehead atoms. The Morgan fingerprint density at radius 3 is 2.47 bits per heavy atom. The molecule has 1 aromatic rings. The van der Waals surface area contributed by atoms with Crippen LogP contribution in [0.3, 0.4) is 0 Å². The van der Waals surface area contributed by atoms with Crippen molar-refractivity contribution in [1.82, 2.24) is 0 Å². The van der Waals surface area contributed by atoms with Gasteiger partial charge in [0.25, 0.3) is 0 Å². The summed E-state index contributed by atoms with van der Waals surface area (Å²) in [6, 6.07) is 4.39. The van der Waals surface area contributed by atoms with Crippen molar-refractivity contribution >= 4 is 5.57 Å². The molecule has 1 rings (SSSR count). The predicted molar refractivity (Wildman–Crippen MR) is 77.2 cm³/mol. The fourth-order valence-electron chi connectivity index (χ4n) is 2.23. The lowest BCUT2D eigenvalue weighted by molar-refractivity contribution is 0.842. The minimum absolute atomic E-state index is 0.525. The first-order valence-electron chi connectivity index (χ1n) is 6.32. The summed E-state index contributed by atoms with van der Waals surface area (Å²) in [5.41, 5.74) is 6.25. The molecule has 90 valence electrons. The average Bonchev–Trinajstić information content (AvgIpc) is 2.35. The van der Waals surface area contributed by atoms with Gasteiger partial charge in [0, 0.05) is 5.56 Å². The number of rotatable bonds is 3. The van der Waals surface area contributed by atoms with E-state index >= 15 is 0 Å². The molecular weight excluding hydrogens is 204 g/mol. The Bertz CT molecular complexity index is 468. The third kappa shape index (κ3) is 2.61. The van der Waals surface area contributed by atoms with Crippen LogP contribution < -0.4 is 0 Å². The van der Waals surface area contributed by atoms with Gasteiger partial charge in [-0.15, -0.1) is 6.42 Å². The third-order valence-corrected chi connectivity index (χ3v) is 3.33. The van der Waals surface area contributed by atoms with Crippen LogP contribution in [0.5, 0.6) is 0 Å². The third-order valence-electron chi connectivity index (χ3n) is 3.33. The van der Waals surface area contributed by atoms with Gasteiger partial charge >= 0.3 is 0 Å². The number of hydrogen-bond acceptors (Lipinski definition) is 0. The van der Waals surface area contributed by atoms with Gasteiger partial charge in [-0.1, -0.05) is 44.9 Å². The molecule has 0 N–H and O–H groups in total. The summed E-state index contributed by atoms with van der Waals surface area (Å²) in [5.74, 6) is 3.41. The second-order valence-corrected chi connectivity index (χ2v) is 4.68. The maximum atomic E-state index is 5.71. The van der Waals surface area contributed by atoms with Crippen molar-refractivity contribution in [2.24, 2.45) is 0 Å². The normalized spacial score (nSPS) is 11.7. The molecule has 0 unspecified atom stereocenters. The molecule has 0 spiro atoms. The Morgan fingerprint density at radius 1 is 1.41 bits per heavy atom. The molecule has 0 aromatic heterocycles. The van der Waals surface area contributed by atoms with Gasteiger partial charge in [-0.25, -0.2) is 0 Å². The molecule has 0 amide bonds. The van der Waals surface area contributed by atoms with Crippen molar-refractivity contribution in [3.8, 4) is 12.3 Å². The van der Waals surface area contributed by atoms with Gasteiger partial charge < -0.3 is 0 Å². The van der Waals surface area contributed by atoms with E-state index in [0.29, 0.717) is 5.92 Å². The summed E-state index contributed by atoms with van der Waals surface area (Å²) >= 11 is 0. The molecule has 0 heteroatoms. The molecule has 0 saturated carbocycles. The number of terminal acetylenes is 1. The largest absolute Gasteiger partial charge is 0.115 e. The van der Waals surface area contributed by atoms with Crippen LogP contribution in [0, 0.1) is 12.3 Å². The van der Waals surface area contributed by atoms with Crippen LogP contribution in [0.4, 0.5) is 0 Å². The van der Waals surface area contributed by atoms with E-state index in [1.807, 2.05) is 0 Å². The van der Waals surface area contributed by atoms with Crippen molar-refractivity contribution in [3.05, 3.63) is 40.5 Å². The number of benzene rings is 1. The Morgan fingerprint density at radius 2 is 2.06 bits per heavy atom. The fourth-order valence-corrected chi connectivity index (χ4v) is 2.23. The Kier molecular flexibility index (Phi) is 4.58. The standard InChI is InChI=1S/C17H22/c1-7-13(6)17-11-10-16(12(4)5)14(8-2)15(17)9-3/h3,7,10-12H,8H2,1-2,4-6H3/b13-7-. The highest BCUT2D eigenvalue weighted by atomic mass is 14.2. The highest BCUT2D eigenvalue weighted by Crippen LogP contribution is 2.29. The van der Waals surface area contributed by atoms with E-state index in [2.05, 4.69) is 58.7 Å². The van der Waals surface area contributed by atoms with E-state index in [0.717, 1.165) is 12.0 Å². The van der Waals surface area contributed by atoms with Gasteiger partial charge in [0.1, 0.15) is 0 Å². The maximum Gasteiger partial charge on any atom is 0.0352 e. The van der Waals surface area contributed by atoms with E-state index in [4.69, 9.17) is 6.42 Å². The maximum absolute atomic E-state index is 5.71. The molecule has 0 radical (unpaired) electrons. The molecule has 0 atom stereocenters. The van der Waals surface area contributed by atoms with Crippen LogP contribution in [0.15, 0.2) is 18.2 Å². The van der Waals surface area contributed by atoms with Crippen molar-refractivity contribution in [2.45, 2.75) is 47.0 Å². The second kappa shape index (κ2) is 5.73. The zero-order valence-corrected chi connectivity index (χ0v) is 11.6. The van der Waals surface area contributed by atoms with Crippen molar-refractivity contribution < 1.29 is 0 Å². The molecular formula is C17H22. The smallest absolute Gasteiger partial charge is 0.0352 e. The average molecular weight is 226 g/mol. The van der Waals surface area contributed by atoms with E-state index in [9.17, 15) is 0 Å². The van der Waals surface area contributed by atoms with Crippen LogP contribution >= 0.6 is 0 Å². The SMILES string of the molecule is C#Cc1c(/C(C)=C\C)ccc(C(C)C)c1CC. The highest BCUT2D eigenvalue weighted by Gasteiger charge is 2.13. The molecule has 0 saturated heterocycles. The Hall–Kier alpha value is -1.48. The molecule has 17 heavy (non-hydrogen) atoms. The number of allylic oxidation sites excluding steroid dienone is 2. The van der Waals surface area contributed by atoms with Crippen molar-refractivity contribution in [1.29, 1.82) is 0 Å². The van der Waals surface area contributed by atoms with Crippen molar-refractivity contribution in [3.63, 3.8) is 0 Å². The highest BCUT2D eigenvalue weighted by molar-refractivity contribution is 5.71. The van der Waals surface area contributed by atoms with Gasteiger partial charge in [0.05, 0.1) is 0 Å². The van der Waals surface area contributed by atoms with Gasteiger partial charge in [-0.2, -0.15) is 0 Å². The molecule has 0 aliphatic rings. The predicted octanol–water partition coefficient (Wildman–Crippen LogP) is 4.78. The first kappa shape index (κ1) is 13.6. The van der Waals surface area contributed by atoms with Crippen LogP contribution in [0.1, 0.15) is 62.8 Å². The minimum Gasteiger partial charge on any atom is -0.115 e. The fraction of sp³-hybridized carbons (Fsp3) is 0.412. The first-order valence-corrected chi connectivity index (χ1v) is 6.32. The summed E-state index contributed by atoms with van der Waals surface area (Å²) in [6.45, 7) is 10.8. The van der Waals surface area contributed by atoms with Crippen molar-refractivity contribution in [2.75, 3.05) is 0 Å². The summed E-state index contributed by atoms with van der Waals surface area (Å²) < 4.78 is 0. The lowest BCUT2D eigenvalue weighted by atomic mass is 9.87. The second-order valence-electron chi connectivity index (χ2n) is 4.68. The van der Waals surface area contributed by atoms with Crippen LogP contribution in [0.2, 0.25) is 0 Å². The summed E-state index contributed by atoms with van der Waals surface area (Å²) in [6.07, 6.45) is 8.82. The van der Waals surface area contributed by atoms with E-state index in [-0.39, 0.29) is 0 Å². The number of hydrogen-bond donors (Lipinski definition) is 0. The molecule has 0 aliphatic heterocycles. The van der Waals surface area contributed by atoms with Gasteiger partial charge in [-0.3, -0.25) is 0 Å².